The molecule has 0 aliphatic carbocycles. The van der Waals surface area contributed by atoms with E-state index in [9.17, 15) is 14.0 Å². The van der Waals surface area contributed by atoms with Crippen molar-refractivity contribution in [2.24, 2.45) is 0 Å². The number of rotatable bonds is 1. The van der Waals surface area contributed by atoms with Gasteiger partial charge < -0.3 is 0 Å². The lowest BCUT2D eigenvalue weighted by Gasteiger charge is -2.07. The van der Waals surface area contributed by atoms with Crippen LogP contribution in [0.15, 0.2) is 32.3 Å². The van der Waals surface area contributed by atoms with Crippen LogP contribution in [0.4, 0.5) is 4.39 Å². The molecule has 2 rings (SSSR count). The average molecular weight is 354 g/mol. The van der Waals surface area contributed by atoms with E-state index >= 15 is 0 Å². The van der Waals surface area contributed by atoms with Gasteiger partial charge in [0, 0.05) is 4.47 Å². The number of aromatic amines is 1. The Morgan fingerprint density at radius 3 is 2.56 bits per heavy atom. The molecule has 2 aromatic rings. The number of hydrogen-bond acceptors (Lipinski definition) is 2. The minimum Gasteiger partial charge on any atom is -0.295 e. The maximum atomic E-state index is 13.4. The van der Waals surface area contributed by atoms with Crippen LogP contribution < -0.4 is 11.2 Å². The lowest BCUT2D eigenvalue weighted by molar-refractivity contribution is 0.584. The van der Waals surface area contributed by atoms with E-state index in [0.717, 1.165) is 0 Å². The number of H-pyrrole nitrogens is 1. The summed E-state index contributed by atoms with van der Waals surface area (Å²) in [5.74, 6) is -1.24. The summed E-state index contributed by atoms with van der Waals surface area (Å²) < 4.78 is 14.6. The fourth-order valence-electron chi connectivity index (χ4n) is 1.37. The van der Waals surface area contributed by atoms with Crippen molar-refractivity contribution in [1.82, 2.24) is 9.55 Å². The number of hydrogen-bond donors (Lipinski definition) is 1. The summed E-state index contributed by atoms with van der Waals surface area (Å²) in [5, 5.41) is -0.506. The first-order chi connectivity index (χ1) is 8.41. The Bertz CT molecular complexity index is 742. The van der Waals surface area contributed by atoms with Gasteiger partial charge in [-0.3, -0.25) is 9.78 Å². The van der Waals surface area contributed by atoms with Crippen molar-refractivity contribution in [3.05, 3.63) is 59.5 Å². The standard InChI is InChI=1S/C10H4BrCl2FN2O2/c11-4-1-2-6(5(12)3-4)16-9(17)7(14)8(13)15-10(16)18/h1-3H,(H,15,18). The highest BCUT2D eigenvalue weighted by Crippen LogP contribution is 2.23. The molecule has 0 atom stereocenters. The zero-order chi connectivity index (χ0) is 13.4. The lowest BCUT2D eigenvalue weighted by Crippen LogP contribution is -2.36. The second kappa shape index (κ2) is 4.87. The Balaban J connectivity index is 2.84. The van der Waals surface area contributed by atoms with E-state index in [1.807, 2.05) is 4.98 Å². The number of benzene rings is 1. The minimum atomic E-state index is -1.24. The Hall–Kier alpha value is -1.11. The molecule has 0 aliphatic rings. The summed E-state index contributed by atoms with van der Waals surface area (Å²) >= 11 is 14.4. The minimum absolute atomic E-state index is 0.0710. The van der Waals surface area contributed by atoms with Crippen molar-refractivity contribution in [2.75, 3.05) is 0 Å². The van der Waals surface area contributed by atoms with Crippen LogP contribution in [0.5, 0.6) is 0 Å². The van der Waals surface area contributed by atoms with Gasteiger partial charge in [0.05, 0.1) is 10.7 Å². The summed E-state index contributed by atoms with van der Waals surface area (Å²) in [4.78, 5) is 25.3. The van der Waals surface area contributed by atoms with Crippen molar-refractivity contribution >= 4 is 39.1 Å². The number of halogens is 4. The van der Waals surface area contributed by atoms with Crippen molar-refractivity contribution in [2.45, 2.75) is 0 Å². The van der Waals surface area contributed by atoms with Gasteiger partial charge in [-0.25, -0.2) is 9.36 Å². The fraction of sp³-hybridized carbons (Fsp3) is 0. The van der Waals surface area contributed by atoms with Crippen LogP contribution in [0, 0.1) is 5.82 Å². The zero-order valence-electron chi connectivity index (χ0n) is 8.51. The van der Waals surface area contributed by atoms with Gasteiger partial charge in [-0.1, -0.05) is 39.1 Å². The van der Waals surface area contributed by atoms with Crippen molar-refractivity contribution < 1.29 is 4.39 Å². The van der Waals surface area contributed by atoms with Gasteiger partial charge in [0.25, 0.3) is 5.56 Å². The Kier molecular flexibility index (Phi) is 3.61. The topological polar surface area (TPSA) is 54.9 Å². The molecular weight excluding hydrogens is 350 g/mol. The summed E-state index contributed by atoms with van der Waals surface area (Å²) in [6, 6.07) is 4.46. The molecule has 1 aromatic heterocycles. The first-order valence-electron chi connectivity index (χ1n) is 4.57. The van der Waals surface area contributed by atoms with E-state index in [0.29, 0.717) is 9.04 Å². The highest BCUT2D eigenvalue weighted by atomic mass is 79.9. The van der Waals surface area contributed by atoms with Crippen LogP contribution in [0.1, 0.15) is 0 Å². The second-order valence-electron chi connectivity index (χ2n) is 3.29. The Morgan fingerprint density at radius 2 is 1.94 bits per heavy atom. The molecule has 0 radical (unpaired) electrons. The molecule has 8 heteroatoms. The van der Waals surface area contributed by atoms with E-state index in [1.54, 1.807) is 6.07 Å². The molecule has 1 heterocycles. The Morgan fingerprint density at radius 1 is 1.28 bits per heavy atom. The largest absolute Gasteiger partial charge is 0.334 e. The molecule has 94 valence electrons. The fourth-order valence-corrected chi connectivity index (χ4v) is 2.29. The highest BCUT2D eigenvalue weighted by Gasteiger charge is 2.15. The zero-order valence-corrected chi connectivity index (χ0v) is 11.6. The molecule has 0 unspecified atom stereocenters. The summed E-state index contributed by atoms with van der Waals surface area (Å²) in [6.07, 6.45) is 0. The third-order valence-electron chi connectivity index (χ3n) is 2.15. The first-order valence-corrected chi connectivity index (χ1v) is 6.12. The summed E-state index contributed by atoms with van der Waals surface area (Å²) in [5.41, 5.74) is -1.95. The first kappa shape index (κ1) is 13.3. The van der Waals surface area contributed by atoms with Gasteiger partial charge in [0.1, 0.15) is 0 Å². The van der Waals surface area contributed by atoms with E-state index in [4.69, 9.17) is 23.2 Å². The molecule has 1 N–H and O–H groups in total. The van der Waals surface area contributed by atoms with Gasteiger partial charge in [-0.2, -0.15) is 4.39 Å². The van der Waals surface area contributed by atoms with E-state index in [2.05, 4.69) is 15.9 Å². The maximum Gasteiger partial charge on any atom is 0.334 e. The number of nitrogens with one attached hydrogen (secondary N) is 1. The molecule has 1 aromatic carbocycles. The monoisotopic (exact) mass is 352 g/mol. The number of aromatic nitrogens is 2. The molecule has 0 spiro atoms. The molecule has 0 saturated carbocycles. The molecule has 0 amide bonds. The molecule has 4 nitrogen and oxygen atoms in total. The SMILES string of the molecule is O=c1[nH]c(Cl)c(F)c(=O)n1-c1ccc(Br)cc1Cl. The van der Waals surface area contributed by atoms with Crippen molar-refractivity contribution in [3.63, 3.8) is 0 Å². The van der Waals surface area contributed by atoms with Crippen molar-refractivity contribution in [1.29, 1.82) is 0 Å². The second-order valence-corrected chi connectivity index (χ2v) is 5.00. The van der Waals surface area contributed by atoms with Crippen LogP contribution in [-0.4, -0.2) is 9.55 Å². The van der Waals surface area contributed by atoms with Gasteiger partial charge in [0.15, 0.2) is 5.15 Å². The van der Waals surface area contributed by atoms with Crippen LogP contribution >= 0.6 is 39.1 Å². The van der Waals surface area contributed by atoms with E-state index in [1.165, 1.54) is 12.1 Å². The van der Waals surface area contributed by atoms with Crippen LogP contribution in [-0.2, 0) is 0 Å². The molecular formula is C10H4BrCl2FN2O2. The maximum absolute atomic E-state index is 13.4. The number of nitrogens with zero attached hydrogens (tertiary/aromatic N) is 1. The molecule has 0 aliphatic heterocycles. The Labute approximate surface area is 118 Å². The lowest BCUT2D eigenvalue weighted by atomic mass is 10.3. The molecule has 18 heavy (non-hydrogen) atoms. The quantitative estimate of drug-likeness (QED) is 0.801. The summed E-state index contributed by atoms with van der Waals surface area (Å²) in [6.45, 7) is 0. The van der Waals surface area contributed by atoms with Gasteiger partial charge in [-0.15, -0.1) is 0 Å². The third-order valence-corrected chi connectivity index (χ3v) is 3.21. The van der Waals surface area contributed by atoms with E-state index < -0.39 is 22.2 Å². The molecule has 0 saturated heterocycles. The van der Waals surface area contributed by atoms with Crippen LogP contribution in [0.3, 0.4) is 0 Å². The van der Waals surface area contributed by atoms with Gasteiger partial charge in [0.2, 0.25) is 5.82 Å². The third kappa shape index (κ3) is 2.23. The average Bonchev–Trinajstić information content (AvgIpc) is 2.29. The normalized spacial score (nSPS) is 10.7. The van der Waals surface area contributed by atoms with Gasteiger partial charge in [-0.05, 0) is 18.2 Å². The van der Waals surface area contributed by atoms with E-state index in [-0.39, 0.29) is 10.7 Å². The predicted octanol–water partition coefficient (Wildman–Crippen LogP) is 2.73. The molecule has 0 fully saturated rings. The smallest absolute Gasteiger partial charge is 0.295 e. The predicted molar refractivity (Wildman–Crippen MR) is 70.3 cm³/mol. The van der Waals surface area contributed by atoms with Crippen LogP contribution in [0.25, 0.3) is 5.69 Å². The van der Waals surface area contributed by atoms with Crippen LogP contribution in [0.2, 0.25) is 10.2 Å². The summed E-state index contributed by atoms with van der Waals surface area (Å²) in [7, 11) is 0. The van der Waals surface area contributed by atoms with Crippen molar-refractivity contribution in [3.8, 4) is 5.69 Å². The molecule has 0 bridgehead atoms. The van der Waals surface area contributed by atoms with Gasteiger partial charge >= 0.3 is 5.69 Å². The highest BCUT2D eigenvalue weighted by molar-refractivity contribution is 9.10.